The maximum Gasteiger partial charge on any atom is 0.206 e. The number of nitrogens with one attached hydrogen (secondary N) is 2. The number of hydrogen-bond donors (Lipinski definition) is 2. The molecule has 0 unspecified atom stereocenters. The van der Waals surface area contributed by atoms with Crippen LogP contribution in [0.25, 0.3) is 11.4 Å². The lowest BCUT2D eigenvalue weighted by Crippen LogP contribution is -2.00. The summed E-state index contributed by atoms with van der Waals surface area (Å²) in [4.78, 5) is 0. The van der Waals surface area contributed by atoms with Crippen molar-refractivity contribution in [1.29, 1.82) is 0 Å². The minimum absolute atomic E-state index is 0.580. The highest BCUT2D eigenvalue weighted by Gasteiger charge is 2.07. The van der Waals surface area contributed by atoms with E-state index in [1.807, 2.05) is 30.3 Å². The summed E-state index contributed by atoms with van der Waals surface area (Å²) in [5, 5.41) is 17.3. The monoisotopic (exact) mass is 273 g/mol. The summed E-state index contributed by atoms with van der Waals surface area (Å²) >= 11 is 0. The molecule has 2 aromatic rings. The third-order valence-electron chi connectivity index (χ3n) is 2.73. The Kier molecular flexibility index (Phi) is 5.57. The quantitative estimate of drug-likeness (QED) is 0.571. The first kappa shape index (κ1) is 14.0. The van der Waals surface area contributed by atoms with Crippen LogP contribution in [0.4, 0.5) is 5.69 Å². The summed E-state index contributed by atoms with van der Waals surface area (Å²) in [6.45, 7) is 3.59. The molecule has 0 atom stereocenters. The average molecular weight is 273 g/mol. The van der Waals surface area contributed by atoms with Gasteiger partial charge in [0.25, 0.3) is 0 Å². The zero-order valence-electron chi connectivity index (χ0n) is 11.5. The molecule has 0 saturated carbocycles. The van der Waals surface area contributed by atoms with E-state index >= 15 is 0 Å². The smallest absolute Gasteiger partial charge is 0.206 e. The maximum atomic E-state index is 5.35. The van der Waals surface area contributed by atoms with Crippen molar-refractivity contribution in [2.75, 3.05) is 18.5 Å². The van der Waals surface area contributed by atoms with Crippen molar-refractivity contribution in [3.8, 4) is 11.4 Å². The number of hydrogen-bond acceptors (Lipinski definition) is 5. The number of para-hydroxylation sites is 1. The lowest BCUT2D eigenvalue weighted by molar-refractivity contribution is 0.243. The second-order valence-corrected chi connectivity index (χ2v) is 4.26. The highest BCUT2D eigenvalue weighted by molar-refractivity contribution is 5.72. The summed E-state index contributed by atoms with van der Waals surface area (Å²) in [5.74, 6) is 0.580. The molecule has 20 heavy (non-hydrogen) atoms. The van der Waals surface area contributed by atoms with Gasteiger partial charge >= 0.3 is 0 Å². The summed E-state index contributed by atoms with van der Waals surface area (Å²) < 4.78 is 5.35. The molecule has 0 saturated heterocycles. The van der Waals surface area contributed by atoms with Crippen LogP contribution in [0.15, 0.2) is 36.6 Å². The van der Waals surface area contributed by atoms with Gasteiger partial charge in [-0.15, -0.1) is 10.2 Å². The molecule has 1 heterocycles. The molecule has 6 nitrogen and oxygen atoms in total. The van der Waals surface area contributed by atoms with Gasteiger partial charge in [0.2, 0.25) is 5.82 Å². The lowest BCUT2D eigenvalue weighted by Gasteiger charge is -2.07. The number of ether oxygens (including phenoxy) is 1. The number of H-pyrrole nitrogens is 1. The van der Waals surface area contributed by atoms with E-state index in [1.54, 1.807) is 6.26 Å². The first-order chi connectivity index (χ1) is 9.92. The SMILES string of the molecule is CCCCOC=CCNc1ccccc1-c1nn[nH]n1. The maximum absolute atomic E-state index is 5.35. The standard InChI is InChI=1S/C14H19N5O/c1-2-3-10-20-11-6-9-15-13-8-5-4-7-12(13)14-16-18-19-17-14/h4-8,11,15H,2-3,9-10H2,1H3,(H,16,17,18,19). The van der Waals surface area contributed by atoms with E-state index in [0.29, 0.717) is 12.4 Å². The van der Waals surface area contributed by atoms with Crippen molar-refractivity contribution in [1.82, 2.24) is 20.6 Å². The van der Waals surface area contributed by atoms with Gasteiger partial charge in [0.05, 0.1) is 12.9 Å². The minimum Gasteiger partial charge on any atom is -0.501 e. The summed E-state index contributed by atoms with van der Waals surface area (Å²) in [7, 11) is 0. The number of rotatable bonds is 8. The molecule has 0 spiro atoms. The summed E-state index contributed by atoms with van der Waals surface area (Å²) in [6.07, 6.45) is 5.91. The molecule has 0 aliphatic rings. The Hall–Kier alpha value is -2.37. The van der Waals surface area contributed by atoms with Gasteiger partial charge in [-0.2, -0.15) is 5.21 Å². The topological polar surface area (TPSA) is 75.7 Å². The van der Waals surface area contributed by atoms with Gasteiger partial charge in [0, 0.05) is 17.8 Å². The molecule has 0 bridgehead atoms. The van der Waals surface area contributed by atoms with Crippen molar-refractivity contribution in [2.24, 2.45) is 0 Å². The largest absolute Gasteiger partial charge is 0.501 e. The first-order valence-corrected chi connectivity index (χ1v) is 6.75. The normalized spacial score (nSPS) is 10.8. The Morgan fingerprint density at radius 1 is 1.35 bits per heavy atom. The van der Waals surface area contributed by atoms with Crippen LogP contribution in [0.1, 0.15) is 19.8 Å². The first-order valence-electron chi connectivity index (χ1n) is 6.75. The van der Waals surface area contributed by atoms with E-state index in [1.165, 1.54) is 0 Å². The molecule has 1 aromatic heterocycles. The fourth-order valence-electron chi connectivity index (χ4n) is 1.69. The molecule has 1 aromatic carbocycles. The van der Waals surface area contributed by atoms with Gasteiger partial charge in [-0.1, -0.05) is 25.5 Å². The van der Waals surface area contributed by atoms with E-state index < -0.39 is 0 Å². The van der Waals surface area contributed by atoms with Gasteiger partial charge in [0.1, 0.15) is 0 Å². The number of tetrazole rings is 1. The molecule has 106 valence electrons. The number of unbranched alkanes of at least 4 members (excludes halogenated alkanes) is 1. The average Bonchev–Trinajstić information content (AvgIpc) is 3.01. The Balaban J connectivity index is 1.87. The van der Waals surface area contributed by atoms with Crippen LogP contribution in [0, 0.1) is 0 Å². The molecule has 0 radical (unpaired) electrons. The molecule has 0 fully saturated rings. The molecule has 0 aliphatic heterocycles. The predicted molar refractivity (Wildman–Crippen MR) is 78.1 cm³/mol. The minimum atomic E-state index is 0.580. The zero-order chi connectivity index (χ0) is 14.0. The predicted octanol–water partition coefficient (Wildman–Crippen LogP) is 2.61. The summed E-state index contributed by atoms with van der Waals surface area (Å²) in [6, 6.07) is 7.85. The van der Waals surface area contributed by atoms with Gasteiger partial charge in [0.15, 0.2) is 0 Å². The van der Waals surface area contributed by atoms with Gasteiger partial charge < -0.3 is 10.1 Å². The van der Waals surface area contributed by atoms with Crippen LogP contribution in [-0.2, 0) is 4.74 Å². The molecule has 2 N–H and O–H groups in total. The number of aromatic nitrogens is 4. The van der Waals surface area contributed by atoms with Crippen molar-refractivity contribution in [3.05, 3.63) is 36.6 Å². The molecule has 0 aliphatic carbocycles. The third-order valence-corrected chi connectivity index (χ3v) is 2.73. The Morgan fingerprint density at radius 2 is 2.25 bits per heavy atom. The number of nitrogens with zero attached hydrogens (tertiary/aromatic N) is 3. The molecule has 0 amide bonds. The number of benzene rings is 1. The van der Waals surface area contributed by atoms with Crippen molar-refractivity contribution in [3.63, 3.8) is 0 Å². The molecule has 2 rings (SSSR count). The number of anilines is 1. The van der Waals surface area contributed by atoms with Crippen LogP contribution in [0.3, 0.4) is 0 Å². The van der Waals surface area contributed by atoms with Crippen LogP contribution < -0.4 is 5.32 Å². The van der Waals surface area contributed by atoms with Crippen molar-refractivity contribution < 1.29 is 4.74 Å². The fraction of sp³-hybridized carbons (Fsp3) is 0.357. The zero-order valence-corrected chi connectivity index (χ0v) is 11.5. The van der Waals surface area contributed by atoms with Gasteiger partial charge in [-0.3, -0.25) is 0 Å². The van der Waals surface area contributed by atoms with Crippen molar-refractivity contribution in [2.45, 2.75) is 19.8 Å². The van der Waals surface area contributed by atoms with Crippen LogP contribution in [0.5, 0.6) is 0 Å². The van der Waals surface area contributed by atoms with Crippen LogP contribution >= 0.6 is 0 Å². The Labute approximate surface area is 118 Å². The Morgan fingerprint density at radius 3 is 3.05 bits per heavy atom. The fourth-order valence-corrected chi connectivity index (χ4v) is 1.69. The molecular weight excluding hydrogens is 254 g/mol. The lowest BCUT2D eigenvalue weighted by atomic mass is 10.1. The van der Waals surface area contributed by atoms with Gasteiger partial charge in [-0.25, -0.2) is 0 Å². The molecular formula is C14H19N5O. The van der Waals surface area contributed by atoms with E-state index in [4.69, 9.17) is 4.74 Å². The van der Waals surface area contributed by atoms with Crippen LogP contribution in [0.2, 0.25) is 0 Å². The second-order valence-electron chi connectivity index (χ2n) is 4.26. The molecule has 6 heteroatoms. The highest BCUT2D eigenvalue weighted by Crippen LogP contribution is 2.23. The van der Waals surface area contributed by atoms with E-state index in [2.05, 4.69) is 32.9 Å². The number of aromatic amines is 1. The van der Waals surface area contributed by atoms with E-state index in [9.17, 15) is 0 Å². The second kappa shape index (κ2) is 7.93. The van der Waals surface area contributed by atoms with E-state index in [-0.39, 0.29) is 0 Å². The van der Waals surface area contributed by atoms with E-state index in [0.717, 1.165) is 30.7 Å². The third kappa shape index (κ3) is 4.08. The summed E-state index contributed by atoms with van der Waals surface area (Å²) in [5.41, 5.74) is 1.88. The highest BCUT2D eigenvalue weighted by atomic mass is 16.5. The van der Waals surface area contributed by atoms with Crippen molar-refractivity contribution >= 4 is 5.69 Å². The Bertz CT molecular complexity index is 524. The van der Waals surface area contributed by atoms with Crippen LogP contribution in [-0.4, -0.2) is 33.8 Å². The van der Waals surface area contributed by atoms with Gasteiger partial charge in [-0.05, 0) is 29.8 Å².